The molecule has 3 aromatic carbocycles. The van der Waals surface area contributed by atoms with Crippen LogP contribution in [-0.4, -0.2) is 88.1 Å². The third kappa shape index (κ3) is 11.1. The number of halogens is 1. The van der Waals surface area contributed by atoms with Gasteiger partial charge in [-0.05, 0) is 134 Å². The van der Waals surface area contributed by atoms with Crippen molar-refractivity contribution < 1.29 is 14.3 Å². The number of ether oxygens (including phenoxy) is 2. The van der Waals surface area contributed by atoms with Crippen molar-refractivity contribution in [1.82, 2.24) is 29.7 Å². The summed E-state index contributed by atoms with van der Waals surface area (Å²) in [6, 6.07) is 23.6. The largest absolute Gasteiger partial charge is 0.492 e. The van der Waals surface area contributed by atoms with E-state index in [0.717, 1.165) is 84.3 Å². The highest BCUT2D eigenvalue weighted by Gasteiger charge is 2.14. The predicted octanol–water partition coefficient (Wildman–Crippen LogP) is 10.2. The zero-order chi connectivity index (χ0) is 40.4. The van der Waals surface area contributed by atoms with E-state index in [1.807, 2.05) is 90.6 Å². The van der Waals surface area contributed by atoms with Crippen molar-refractivity contribution in [2.75, 3.05) is 68.4 Å². The number of anilines is 5. The van der Waals surface area contributed by atoms with Gasteiger partial charge in [-0.1, -0.05) is 12.1 Å². The number of carbonyl (C=O) groups is 1. The third-order valence-corrected chi connectivity index (χ3v) is 12.8. The van der Waals surface area contributed by atoms with E-state index in [9.17, 15) is 4.79 Å². The van der Waals surface area contributed by atoms with Crippen LogP contribution in [0.4, 0.5) is 29.0 Å². The number of hydrogen-bond acceptors (Lipinski definition) is 13. The van der Waals surface area contributed by atoms with E-state index in [2.05, 4.69) is 62.0 Å². The maximum atomic E-state index is 11.4. The highest BCUT2D eigenvalue weighted by Crippen LogP contribution is 2.35. The zero-order valence-corrected chi connectivity index (χ0v) is 36.0. The second kappa shape index (κ2) is 19.7. The van der Waals surface area contributed by atoms with E-state index in [4.69, 9.17) is 14.5 Å². The van der Waals surface area contributed by atoms with Crippen molar-refractivity contribution in [3.63, 3.8) is 0 Å². The van der Waals surface area contributed by atoms with Gasteiger partial charge in [-0.2, -0.15) is 0 Å². The summed E-state index contributed by atoms with van der Waals surface area (Å²) in [4.78, 5) is 34.5. The first-order valence-corrected chi connectivity index (χ1v) is 22.4. The minimum atomic E-state index is -0.0934. The Morgan fingerprint density at radius 3 is 1.78 bits per heavy atom. The summed E-state index contributed by atoms with van der Waals surface area (Å²) in [6.45, 7) is 9.70. The molecule has 2 aliphatic heterocycles. The second-order valence-corrected chi connectivity index (χ2v) is 17.1. The number of rotatable bonds is 14. The number of amides is 1. The monoisotopic (exact) mass is 891 g/mol. The van der Waals surface area contributed by atoms with E-state index in [0.29, 0.717) is 18.5 Å². The Morgan fingerprint density at radius 2 is 1.22 bits per heavy atom. The molecule has 9 rings (SSSR count). The van der Waals surface area contributed by atoms with Gasteiger partial charge in [-0.25, -0.2) is 19.9 Å². The summed E-state index contributed by atoms with van der Waals surface area (Å²) in [7, 11) is 0. The fourth-order valence-corrected chi connectivity index (χ4v) is 9.36. The van der Waals surface area contributed by atoms with Gasteiger partial charge in [-0.3, -0.25) is 14.6 Å². The molecule has 4 aromatic heterocycles. The minimum Gasteiger partial charge on any atom is -0.492 e. The van der Waals surface area contributed by atoms with Crippen LogP contribution in [0, 0.1) is 0 Å². The Labute approximate surface area is 360 Å². The SMILES string of the molecule is Brc1csc2cnc(Nc3ccc(OCCN4CCCC4)cc3)nc12.CC(=O)Nc1cccc(-c2csc3cnc(Nc4ccc(OCCN5CCCC5)cc4)nc23)c1. The van der Waals surface area contributed by atoms with Crippen LogP contribution in [0.1, 0.15) is 32.6 Å². The number of thiophene rings is 2. The molecule has 1 amide bonds. The fraction of sp³-hybridized carbons (Fsp3) is 0.295. The van der Waals surface area contributed by atoms with Gasteiger partial charge < -0.3 is 25.4 Å². The highest BCUT2D eigenvalue weighted by molar-refractivity contribution is 9.10. The Morgan fingerprint density at radius 1 is 0.695 bits per heavy atom. The molecular formula is C44H46BrN9O3S2. The number of nitrogens with zero attached hydrogens (tertiary/aromatic N) is 6. The van der Waals surface area contributed by atoms with Crippen LogP contribution in [0.15, 0.2) is 100 Å². The van der Waals surface area contributed by atoms with Gasteiger partial charge in [0.05, 0.1) is 31.8 Å². The summed E-state index contributed by atoms with van der Waals surface area (Å²) in [6.07, 6.45) is 8.91. The lowest BCUT2D eigenvalue weighted by molar-refractivity contribution is -0.114. The second-order valence-electron chi connectivity index (χ2n) is 14.4. The van der Waals surface area contributed by atoms with E-state index in [-0.39, 0.29) is 5.91 Å². The summed E-state index contributed by atoms with van der Waals surface area (Å²) in [5.74, 6) is 2.79. The first kappa shape index (κ1) is 40.6. The smallest absolute Gasteiger partial charge is 0.227 e. The van der Waals surface area contributed by atoms with E-state index < -0.39 is 0 Å². The van der Waals surface area contributed by atoms with Crippen LogP contribution in [0.2, 0.25) is 0 Å². The Balaban J connectivity index is 0.000000172. The Bertz CT molecular complexity index is 2470. The van der Waals surface area contributed by atoms with Crippen molar-refractivity contribution in [2.45, 2.75) is 32.6 Å². The first-order chi connectivity index (χ1) is 28.9. The lowest BCUT2D eigenvalue weighted by Gasteiger charge is -2.15. The Kier molecular flexibility index (Phi) is 13.6. The van der Waals surface area contributed by atoms with Crippen LogP contribution >= 0.6 is 38.6 Å². The summed E-state index contributed by atoms with van der Waals surface area (Å²) < 4.78 is 14.8. The standard InChI is InChI=1S/C26H27N5O2S.C18H19BrN4OS/c1-18(32)28-21-6-4-5-19(15-21)23-17-34-24-16-27-26(30-25(23)24)29-20-7-9-22(10-8-20)33-14-13-31-11-2-3-12-31;19-15-12-25-16-11-20-18(22-17(15)16)21-13-3-5-14(6-4-13)24-10-9-23-7-1-2-8-23/h4-10,15-17H,2-3,11-14H2,1H3,(H,28,32)(H,27,29,30);3-6,11-12H,1-2,7-10H2,(H,20,21,22). The van der Waals surface area contributed by atoms with Crippen LogP contribution < -0.4 is 25.4 Å². The van der Waals surface area contributed by atoms with Crippen molar-refractivity contribution >= 4 is 93.9 Å². The molecule has 0 aliphatic carbocycles. The van der Waals surface area contributed by atoms with Crippen LogP contribution in [0.25, 0.3) is 31.6 Å². The number of hydrogen-bond donors (Lipinski definition) is 3. The molecule has 0 atom stereocenters. The quantitative estimate of drug-likeness (QED) is 0.0965. The van der Waals surface area contributed by atoms with Crippen molar-refractivity contribution in [1.29, 1.82) is 0 Å². The van der Waals surface area contributed by atoms with E-state index in [1.165, 1.54) is 58.8 Å². The van der Waals surface area contributed by atoms with Gasteiger partial charge in [0.2, 0.25) is 17.8 Å². The number of carbonyl (C=O) groups excluding carboxylic acids is 1. The molecule has 12 nitrogen and oxygen atoms in total. The summed E-state index contributed by atoms with van der Waals surface area (Å²) in [5.41, 5.74) is 6.43. The third-order valence-electron chi connectivity index (χ3n) is 10.0. The number of likely N-dealkylation sites (tertiary alicyclic amines) is 2. The molecule has 3 N–H and O–H groups in total. The zero-order valence-electron chi connectivity index (χ0n) is 32.8. The highest BCUT2D eigenvalue weighted by atomic mass is 79.9. The van der Waals surface area contributed by atoms with Crippen LogP contribution in [0.3, 0.4) is 0 Å². The normalized spacial score (nSPS) is 14.3. The maximum absolute atomic E-state index is 11.4. The molecule has 59 heavy (non-hydrogen) atoms. The van der Waals surface area contributed by atoms with Crippen molar-refractivity contribution in [3.8, 4) is 22.6 Å². The molecular weight excluding hydrogens is 847 g/mol. The lowest BCUT2D eigenvalue weighted by Crippen LogP contribution is -2.25. The molecule has 0 spiro atoms. The molecule has 2 aliphatic rings. The number of aromatic nitrogens is 4. The number of nitrogens with one attached hydrogen (secondary N) is 3. The molecule has 2 saturated heterocycles. The molecule has 2 fully saturated rings. The fourth-order valence-electron chi connectivity index (χ4n) is 7.05. The summed E-state index contributed by atoms with van der Waals surface area (Å²) in [5, 5.41) is 13.5. The van der Waals surface area contributed by atoms with Gasteiger partial charge in [-0.15, -0.1) is 22.7 Å². The molecule has 7 aromatic rings. The van der Waals surface area contributed by atoms with Crippen LogP contribution in [0.5, 0.6) is 11.5 Å². The molecule has 0 saturated carbocycles. The van der Waals surface area contributed by atoms with Gasteiger partial charge in [0.1, 0.15) is 30.2 Å². The summed E-state index contributed by atoms with van der Waals surface area (Å²) >= 11 is 6.75. The molecule has 304 valence electrons. The molecule has 0 bridgehead atoms. The number of benzene rings is 3. The van der Waals surface area contributed by atoms with E-state index >= 15 is 0 Å². The van der Waals surface area contributed by atoms with Gasteiger partial charge >= 0.3 is 0 Å². The molecule has 6 heterocycles. The Hall–Kier alpha value is -5.19. The first-order valence-electron chi connectivity index (χ1n) is 19.9. The predicted molar refractivity (Wildman–Crippen MR) is 244 cm³/mol. The topological polar surface area (TPSA) is 130 Å². The minimum absolute atomic E-state index is 0.0934. The molecule has 0 unspecified atom stereocenters. The average molecular weight is 893 g/mol. The molecule has 0 radical (unpaired) electrons. The van der Waals surface area contributed by atoms with Gasteiger partial charge in [0, 0.05) is 53.4 Å². The maximum Gasteiger partial charge on any atom is 0.227 e. The molecule has 15 heteroatoms. The van der Waals surface area contributed by atoms with Gasteiger partial charge in [0.15, 0.2) is 0 Å². The van der Waals surface area contributed by atoms with Crippen LogP contribution in [-0.2, 0) is 4.79 Å². The van der Waals surface area contributed by atoms with Crippen molar-refractivity contribution in [2.24, 2.45) is 0 Å². The lowest BCUT2D eigenvalue weighted by atomic mass is 10.1. The average Bonchev–Trinajstić information content (AvgIpc) is 4.09. The number of fused-ring (bicyclic) bond motifs is 2. The van der Waals surface area contributed by atoms with E-state index in [1.54, 1.807) is 22.7 Å². The van der Waals surface area contributed by atoms with Crippen molar-refractivity contribution in [3.05, 3.63) is 100 Å². The van der Waals surface area contributed by atoms with Gasteiger partial charge in [0.25, 0.3) is 0 Å².